The van der Waals surface area contributed by atoms with Crippen molar-refractivity contribution in [2.45, 2.75) is 39.2 Å². The monoisotopic (exact) mass is 234 g/mol. The van der Waals surface area contributed by atoms with Crippen LogP contribution in [0.3, 0.4) is 0 Å². The fraction of sp³-hybridized carbons (Fsp3) is 0.846. The van der Waals surface area contributed by atoms with E-state index in [0.29, 0.717) is 0 Å². The molecule has 2 unspecified atom stereocenters. The zero-order valence-corrected chi connectivity index (χ0v) is 10.9. The van der Waals surface area contributed by atoms with Gasteiger partial charge in [-0.15, -0.1) is 10.2 Å². The molecule has 0 aliphatic carbocycles. The van der Waals surface area contributed by atoms with Gasteiger partial charge in [-0.25, -0.2) is 0 Å². The van der Waals surface area contributed by atoms with E-state index >= 15 is 0 Å². The third-order valence-electron chi connectivity index (χ3n) is 4.24. The highest BCUT2D eigenvalue weighted by atomic mass is 15.3. The summed E-state index contributed by atoms with van der Waals surface area (Å²) in [7, 11) is 2.21. The van der Waals surface area contributed by atoms with E-state index in [1.54, 1.807) is 0 Å². The molecule has 1 aromatic heterocycles. The van der Waals surface area contributed by atoms with E-state index in [9.17, 15) is 0 Å². The summed E-state index contributed by atoms with van der Waals surface area (Å²) in [5.74, 6) is 4.00. The van der Waals surface area contributed by atoms with Gasteiger partial charge in [-0.1, -0.05) is 6.92 Å². The lowest BCUT2D eigenvalue weighted by atomic mass is 9.99. The number of rotatable bonds is 2. The highest BCUT2D eigenvalue weighted by Gasteiger charge is 2.25. The quantitative estimate of drug-likeness (QED) is 0.774. The van der Waals surface area contributed by atoms with Crippen molar-refractivity contribution in [2.24, 2.45) is 11.8 Å². The fourth-order valence-electron chi connectivity index (χ4n) is 3.15. The molecule has 2 atom stereocenters. The lowest BCUT2D eigenvalue weighted by Crippen LogP contribution is -2.21. The molecule has 4 heteroatoms. The molecule has 1 aromatic rings. The van der Waals surface area contributed by atoms with Crippen LogP contribution in [0, 0.1) is 11.8 Å². The second-order valence-corrected chi connectivity index (χ2v) is 5.90. The number of likely N-dealkylation sites (tertiary alicyclic amines) is 1. The highest BCUT2D eigenvalue weighted by molar-refractivity contribution is 5.01. The lowest BCUT2D eigenvalue weighted by Gasteiger charge is -2.21. The minimum Gasteiger partial charge on any atom is -0.315 e. The molecule has 0 N–H and O–H groups in total. The predicted molar refractivity (Wildman–Crippen MR) is 66.8 cm³/mol. The van der Waals surface area contributed by atoms with Crippen LogP contribution >= 0.6 is 0 Å². The van der Waals surface area contributed by atoms with Crippen molar-refractivity contribution in [3.8, 4) is 0 Å². The van der Waals surface area contributed by atoms with Crippen LogP contribution < -0.4 is 0 Å². The zero-order chi connectivity index (χ0) is 11.8. The summed E-state index contributed by atoms with van der Waals surface area (Å²) in [5.41, 5.74) is 0. The van der Waals surface area contributed by atoms with Crippen LogP contribution in [0.2, 0.25) is 0 Å². The number of hydrogen-bond donors (Lipinski definition) is 0. The zero-order valence-electron chi connectivity index (χ0n) is 10.9. The van der Waals surface area contributed by atoms with Crippen LogP contribution in [0.25, 0.3) is 0 Å². The molecule has 1 fully saturated rings. The van der Waals surface area contributed by atoms with E-state index < -0.39 is 0 Å². The van der Waals surface area contributed by atoms with E-state index in [-0.39, 0.29) is 0 Å². The Morgan fingerprint density at radius 3 is 2.88 bits per heavy atom. The summed E-state index contributed by atoms with van der Waals surface area (Å²) < 4.78 is 2.37. The van der Waals surface area contributed by atoms with Gasteiger partial charge in [-0.2, -0.15) is 0 Å². The van der Waals surface area contributed by atoms with E-state index in [2.05, 4.69) is 33.6 Å². The Morgan fingerprint density at radius 2 is 2.12 bits per heavy atom. The highest BCUT2D eigenvalue weighted by Crippen LogP contribution is 2.23. The fourth-order valence-corrected chi connectivity index (χ4v) is 3.15. The first-order valence-corrected chi connectivity index (χ1v) is 6.82. The van der Waals surface area contributed by atoms with Crippen LogP contribution in [0.1, 0.15) is 31.4 Å². The van der Waals surface area contributed by atoms with Gasteiger partial charge in [0.1, 0.15) is 11.6 Å². The van der Waals surface area contributed by atoms with Gasteiger partial charge in [0, 0.05) is 25.9 Å². The number of hydrogen-bond acceptors (Lipinski definition) is 3. The summed E-state index contributed by atoms with van der Waals surface area (Å²) in [6.45, 7) is 5.90. The normalized spacial score (nSPS) is 29.5. The summed E-state index contributed by atoms with van der Waals surface area (Å²) in [6, 6.07) is 0. The molecule has 1 saturated heterocycles. The van der Waals surface area contributed by atoms with Gasteiger partial charge in [0.15, 0.2) is 0 Å². The maximum Gasteiger partial charge on any atom is 0.133 e. The Kier molecular flexibility index (Phi) is 2.90. The van der Waals surface area contributed by atoms with Gasteiger partial charge < -0.3 is 9.47 Å². The van der Waals surface area contributed by atoms with Crippen LogP contribution in [-0.4, -0.2) is 39.8 Å². The molecule has 2 aliphatic rings. The molecule has 3 rings (SSSR count). The Bertz CT molecular complexity index is 398. The number of nitrogens with zero attached hydrogens (tertiary/aromatic N) is 4. The van der Waals surface area contributed by atoms with Gasteiger partial charge >= 0.3 is 0 Å². The van der Waals surface area contributed by atoms with E-state index in [1.807, 2.05) is 0 Å². The largest absolute Gasteiger partial charge is 0.315 e. The van der Waals surface area contributed by atoms with Gasteiger partial charge in [0.05, 0.1) is 0 Å². The minimum atomic E-state index is 0.775. The van der Waals surface area contributed by atoms with Crippen molar-refractivity contribution in [3.63, 3.8) is 0 Å². The first-order chi connectivity index (χ1) is 8.22. The molecular weight excluding hydrogens is 212 g/mol. The maximum absolute atomic E-state index is 4.42. The minimum absolute atomic E-state index is 0.775. The van der Waals surface area contributed by atoms with Crippen molar-refractivity contribution < 1.29 is 0 Å². The van der Waals surface area contributed by atoms with Crippen molar-refractivity contribution in [1.29, 1.82) is 0 Å². The Balaban J connectivity index is 1.72. The van der Waals surface area contributed by atoms with Gasteiger partial charge in [0.2, 0.25) is 0 Å². The molecule has 0 bridgehead atoms. The maximum atomic E-state index is 4.42. The molecule has 3 heterocycles. The molecule has 0 radical (unpaired) electrons. The molecule has 4 nitrogen and oxygen atoms in total. The smallest absolute Gasteiger partial charge is 0.133 e. The van der Waals surface area contributed by atoms with Crippen LogP contribution in [0.5, 0.6) is 0 Å². The number of aromatic nitrogens is 3. The average Bonchev–Trinajstić information content (AvgIpc) is 2.86. The van der Waals surface area contributed by atoms with Crippen LogP contribution in [0.15, 0.2) is 0 Å². The molecule has 0 saturated carbocycles. The molecule has 0 amide bonds. The van der Waals surface area contributed by atoms with Gasteiger partial charge in [-0.3, -0.25) is 0 Å². The molecular formula is C13H22N4. The molecule has 94 valence electrons. The van der Waals surface area contributed by atoms with Crippen molar-refractivity contribution in [2.75, 3.05) is 20.1 Å². The van der Waals surface area contributed by atoms with Crippen molar-refractivity contribution in [3.05, 3.63) is 11.6 Å². The second kappa shape index (κ2) is 4.41. The summed E-state index contributed by atoms with van der Waals surface area (Å²) >= 11 is 0. The van der Waals surface area contributed by atoms with Crippen molar-refractivity contribution >= 4 is 0 Å². The van der Waals surface area contributed by atoms with Gasteiger partial charge in [-0.05, 0) is 38.3 Å². The Labute approximate surface area is 103 Å². The number of fused-ring (bicyclic) bond motifs is 1. The van der Waals surface area contributed by atoms with Crippen LogP contribution in [-0.2, 0) is 19.4 Å². The summed E-state index contributed by atoms with van der Waals surface area (Å²) in [5, 5.41) is 8.78. The topological polar surface area (TPSA) is 34.0 Å². The van der Waals surface area contributed by atoms with Gasteiger partial charge in [0.25, 0.3) is 0 Å². The third kappa shape index (κ3) is 2.23. The van der Waals surface area contributed by atoms with E-state index in [4.69, 9.17) is 0 Å². The first kappa shape index (κ1) is 11.2. The summed E-state index contributed by atoms with van der Waals surface area (Å²) in [4.78, 5) is 2.42. The van der Waals surface area contributed by atoms with Crippen molar-refractivity contribution in [1.82, 2.24) is 19.7 Å². The standard InChI is InChI=1S/C13H22N4/c1-10-3-6-17-12(7-10)14-15-13(17)8-11-4-5-16(2)9-11/h10-11H,3-9H2,1-2H3. The van der Waals surface area contributed by atoms with E-state index in [0.717, 1.165) is 31.2 Å². The molecule has 0 spiro atoms. The second-order valence-electron chi connectivity index (χ2n) is 5.90. The Morgan fingerprint density at radius 1 is 1.24 bits per heavy atom. The average molecular weight is 234 g/mol. The molecule has 0 aromatic carbocycles. The predicted octanol–water partition coefficient (Wildman–Crippen LogP) is 1.35. The molecule has 17 heavy (non-hydrogen) atoms. The lowest BCUT2D eigenvalue weighted by molar-refractivity contribution is 0.380. The SMILES string of the molecule is CC1CCn2c(nnc2CC2CCN(C)C2)C1. The first-order valence-electron chi connectivity index (χ1n) is 6.82. The van der Waals surface area contributed by atoms with Crippen LogP contribution in [0.4, 0.5) is 0 Å². The summed E-state index contributed by atoms with van der Waals surface area (Å²) in [6.07, 6.45) is 4.82. The Hall–Kier alpha value is -0.900. The van der Waals surface area contributed by atoms with E-state index in [1.165, 1.54) is 37.6 Å². The molecule has 2 aliphatic heterocycles. The third-order valence-corrected chi connectivity index (χ3v) is 4.24.